The van der Waals surface area contributed by atoms with Gasteiger partial charge in [-0.3, -0.25) is 4.79 Å². The van der Waals surface area contributed by atoms with Gasteiger partial charge in [-0.15, -0.1) is 0 Å². The molecule has 23 heavy (non-hydrogen) atoms. The number of hydrogen-bond acceptors (Lipinski definition) is 3. The minimum atomic E-state index is -0.492. The van der Waals surface area contributed by atoms with Crippen LogP contribution in [0.1, 0.15) is 37.6 Å². The first-order chi connectivity index (χ1) is 10.8. The van der Waals surface area contributed by atoms with Gasteiger partial charge in [-0.05, 0) is 37.5 Å². The molecule has 0 heterocycles. The maximum absolute atomic E-state index is 12.2. The third kappa shape index (κ3) is 7.10. The van der Waals surface area contributed by atoms with Crippen molar-refractivity contribution in [1.82, 2.24) is 10.6 Å². The van der Waals surface area contributed by atoms with E-state index in [-0.39, 0.29) is 18.5 Å². The minimum Gasteiger partial charge on any atom is -0.450 e. The van der Waals surface area contributed by atoms with Crippen LogP contribution in [0.2, 0.25) is 10.0 Å². The van der Waals surface area contributed by atoms with Gasteiger partial charge < -0.3 is 15.4 Å². The van der Waals surface area contributed by atoms with Crippen molar-refractivity contribution in [2.24, 2.45) is 5.92 Å². The van der Waals surface area contributed by atoms with Gasteiger partial charge in [0.05, 0.1) is 17.2 Å². The van der Waals surface area contributed by atoms with Crippen LogP contribution in [0.15, 0.2) is 18.2 Å². The Hall–Kier alpha value is -1.46. The van der Waals surface area contributed by atoms with Crippen LogP contribution in [-0.2, 0) is 4.74 Å². The van der Waals surface area contributed by atoms with Crippen LogP contribution in [0.5, 0.6) is 0 Å². The van der Waals surface area contributed by atoms with Gasteiger partial charge in [-0.2, -0.15) is 0 Å². The fourth-order valence-corrected chi connectivity index (χ4v) is 2.46. The summed E-state index contributed by atoms with van der Waals surface area (Å²) in [7, 11) is 0. The molecule has 0 bridgehead atoms. The summed E-state index contributed by atoms with van der Waals surface area (Å²) in [6.45, 7) is 6.38. The monoisotopic (exact) mass is 360 g/mol. The van der Waals surface area contributed by atoms with Crippen LogP contribution in [0.4, 0.5) is 4.79 Å². The lowest BCUT2D eigenvalue weighted by molar-refractivity contribution is 0.0944. The summed E-state index contributed by atoms with van der Waals surface area (Å²) < 4.78 is 4.88. The molecular formula is C16H22Cl2N2O3. The highest BCUT2D eigenvalue weighted by Gasteiger charge is 2.17. The van der Waals surface area contributed by atoms with Gasteiger partial charge >= 0.3 is 6.09 Å². The molecule has 0 saturated heterocycles. The predicted octanol–water partition coefficient (Wildman–Crippen LogP) is 3.88. The molecule has 0 aromatic heterocycles. The Kier molecular flexibility index (Phi) is 8.20. The number of benzene rings is 1. The predicted molar refractivity (Wildman–Crippen MR) is 92.2 cm³/mol. The third-order valence-corrected chi connectivity index (χ3v) is 3.60. The summed E-state index contributed by atoms with van der Waals surface area (Å²) in [5, 5.41) is 6.27. The molecule has 1 unspecified atom stereocenters. The molecule has 2 amide bonds. The Morgan fingerprint density at radius 3 is 2.57 bits per heavy atom. The number of rotatable bonds is 7. The van der Waals surface area contributed by atoms with Crippen molar-refractivity contribution >= 4 is 35.2 Å². The van der Waals surface area contributed by atoms with Gasteiger partial charge in [0.15, 0.2) is 0 Å². The Morgan fingerprint density at radius 1 is 1.26 bits per heavy atom. The van der Waals surface area contributed by atoms with E-state index in [0.717, 1.165) is 0 Å². The molecule has 128 valence electrons. The molecule has 0 aliphatic carbocycles. The maximum Gasteiger partial charge on any atom is 0.407 e. The molecule has 0 spiro atoms. The molecule has 2 N–H and O–H groups in total. The largest absolute Gasteiger partial charge is 0.450 e. The van der Waals surface area contributed by atoms with Crippen LogP contribution < -0.4 is 10.6 Å². The van der Waals surface area contributed by atoms with Gasteiger partial charge in [0.2, 0.25) is 0 Å². The highest BCUT2D eigenvalue weighted by atomic mass is 35.5. The number of nitrogens with one attached hydrogen (secondary N) is 2. The SMILES string of the molecule is CCOC(=O)NC(CNC(=O)c1cc(Cl)ccc1Cl)CC(C)C. The zero-order valence-corrected chi connectivity index (χ0v) is 15.0. The van der Waals surface area contributed by atoms with Crippen LogP contribution in [-0.4, -0.2) is 31.2 Å². The van der Waals surface area contributed by atoms with E-state index in [4.69, 9.17) is 27.9 Å². The molecule has 1 atom stereocenters. The number of alkyl carbamates (subject to hydrolysis) is 1. The van der Waals surface area contributed by atoms with Crippen molar-refractivity contribution in [3.8, 4) is 0 Å². The molecule has 0 aliphatic rings. The van der Waals surface area contributed by atoms with E-state index in [0.29, 0.717) is 34.6 Å². The summed E-state index contributed by atoms with van der Waals surface area (Å²) in [4.78, 5) is 23.8. The number of amides is 2. The molecule has 0 radical (unpaired) electrons. The Balaban J connectivity index is 2.67. The summed E-state index contributed by atoms with van der Waals surface area (Å²) in [6, 6.07) is 4.47. The first kappa shape index (κ1) is 19.6. The fourth-order valence-electron chi connectivity index (χ4n) is 2.08. The third-order valence-electron chi connectivity index (χ3n) is 3.04. The number of ether oxygens (including phenoxy) is 1. The van der Waals surface area contributed by atoms with E-state index < -0.39 is 6.09 Å². The molecule has 0 saturated carbocycles. The highest BCUT2D eigenvalue weighted by Crippen LogP contribution is 2.20. The Labute approximate surface area is 146 Å². The second kappa shape index (κ2) is 9.63. The lowest BCUT2D eigenvalue weighted by Gasteiger charge is -2.21. The molecule has 1 aromatic rings. The van der Waals surface area contributed by atoms with E-state index in [9.17, 15) is 9.59 Å². The number of carbonyl (C=O) groups is 2. The molecule has 0 fully saturated rings. The first-order valence-corrected chi connectivity index (χ1v) is 8.25. The molecule has 0 aliphatic heterocycles. The van der Waals surface area contributed by atoms with Crippen LogP contribution >= 0.6 is 23.2 Å². The standard InChI is InChI=1S/C16H22Cl2N2O3/c1-4-23-16(22)20-12(7-10(2)3)9-19-15(21)13-8-11(17)5-6-14(13)18/h5-6,8,10,12H,4,7,9H2,1-3H3,(H,19,21)(H,20,22). The van der Waals surface area contributed by atoms with Crippen molar-refractivity contribution in [2.75, 3.05) is 13.2 Å². The maximum atomic E-state index is 12.2. The van der Waals surface area contributed by atoms with Crippen LogP contribution in [0, 0.1) is 5.92 Å². The summed E-state index contributed by atoms with van der Waals surface area (Å²) in [5.74, 6) is 0.0190. The number of carbonyl (C=O) groups excluding carboxylic acids is 2. The van der Waals surface area contributed by atoms with Crippen LogP contribution in [0.25, 0.3) is 0 Å². The highest BCUT2D eigenvalue weighted by molar-refractivity contribution is 6.35. The van der Waals surface area contributed by atoms with Crippen molar-refractivity contribution in [3.63, 3.8) is 0 Å². The molecule has 1 aromatic carbocycles. The molecular weight excluding hydrogens is 339 g/mol. The molecule has 7 heteroatoms. The normalized spacial score (nSPS) is 11.9. The van der Waals surface area contributed by atoms with E-state index in [1.165, 1.54) is 6.07 Å². The number of hydrogen-bond donors (Lipinski definition) is 2. The van der Waals surface area contributed by atoms with E-state index in [1.54, 1.807) is 19.1 Å². The quantitative estimate of drug-likeness (QED) is 0.774. The van der Waals surface area contributed by atoms with Gasteiger partial charge in [0.25, 0.3) is 5.91 Å². The summed E-state index contributed by atoms with van der Waals surface area (Å²) in [6.07, 6.45) is 0.218. The average Bonchev–Trinajstić information content (AvgIpc) is 2.46. The minimum absolute atomic E-state index is 0.226. The zero-order valence-electron chi connectivity index (χ0n) is 13.5. The Morgan fingerprint density at radius 2 is 1.96 bits per heavy atom. The van der Waals surface area contributed by atoms with Gasteiger partial charge in [0, 0.05) is 17.6 Å². The van der Waals surface area contributed by atoms with Crippen molar-refractivity contribution in [1.29, 1.82) is 0 Å². The second-order valence-electron chi connectivity index (χ2n) is 5.53. The molecule has 1 rings (SSSR count). The first-order valence-electron chi connectivity index (χ1n) is 7.50. The zero-order chi connectivity index (χ0) is 17.4. The van der Waals surface area contributed by atoms with E-state index >= 15 is 0 Å². The topological polar surface area (TPSA) is 67.4 Å². The van der Waals surface area contributed by atoms with E-state index in [1.807, 2.05) is 13.8 Å². The van der Waals surface area contributed by atoms with E-state index in [2.05, 4.69) is 10.6 Å². The Bertz CT molecular complexity index is 550. The lowest BCUT2D eigenvalue weighted by atomic mass is 10.0. The second-order valence-corrected chi connectivity index (χ2v) is 6.37. The number of halogens is 2. The average molecular weight is 361 g/mol. The fraction of sp³-hybridized carbons (Fsp3) is 0.500. The smallest absolute Gasteiger partial charge is 0.407 e. The van der Waals surface area contributed by atoms with Gasteiger partial charge in [0.1, 0.15) is 0 Å². The van der Waals surface area contributed by atoms with Crippen LogP contribution in [0.3, 0.4) is 0 Å². The lowest BCUT2D eigenvalue weighted by Crippen LogP contribution is -2.44. The van der Waals surface area contributed by atoms with Gasteiger partial charge in [-0.1, -0.05) is 37.0 Å². The van der Waals surface area contributed by atoms with Crippen molar-refractivity contribution in [3.05, 3.63) is 33.8 Å². The van der Waals surface area contributed by atoms with Crippen molar-refractivity contribution < 1.29 is 14.3 Å². The summed E-state index contributed by atoms with van der Waals surface area (Å²) in [5.41, 5.74) is 0.304. The summed E-state index contributed by atoms with van der Waals surface area (Å²) >= 11 is 11.9. The van der Waals surface area contributed by atoms with Gasteiger partial charge in [-0.25, -0.2) is 4.79 Å². The molecule has 5 nitrogen and oxygen atoms in total. The van der Waals surface area contributed by atoms with Crippen molar-refractivity contribution in [2.45, 2.75) is 33.2 Å².